The number of rotatable bonds is 3. The molecule has 5 nitrogen and oxygen atoms in total. The lowest BCUT2D eigenvalue weighted by Gasteiger charge is -2.13. The molecule has 5 heteroatoms. The van der Waals surface area contributed by atoms with Gasteiger partial charge in [-0.15, -0.1) is 0 Å². The lowest BCUT2D eigenvalue weighted by atomic mass is 10.4. The first-order valence-electron chi connectivity index (χ1n) is 4.15. The molecule has 0 aromatic heterocycles. The standard InChI is InChI=1S/C8H12N2O3/c1-3-9-5-7(12)10(8(9)13)4-6(2)11/h3-5H2,1-2H3. The van der Waals surface area contributed by atoms with Crippen molar-refractivity contribution >= 4 is 17.7 Å². The molecule has 0 saturated carbocycles. The SMILES string of the molecule is CCN1CC(=O)N(CC(C)=O)C1=O. The molecule has 72 valence electrons. The van der Waals surface area contributed by atoms with E-state index >= 15 is 0 Å². The molecule has 0 radical (unpaired) electrons. The smallest absolute Gasteiger partial charge is 0.315 e. The van der Waals surface area contributed by atoms with Gasteiger partial charge in [-0.25, -0.2) is 4.79 Å². The third-order valence-corrected chi connectivity index (χ3v) is 1.89. The molecule has 1 rings (SSSR count). The van der Waals surface area contributed by atoms with E-state index in [-0.39, 0.29) is 30.8 Å². The molecule has 1 fully saturated rings. The minimum absolute atomic E-state index is 0.0998. The van der Waals surface area contributed by atoms with Crippen molar-refractivity contribution in [1.29, 1.82) is 0 Å². The molecule has 1 aliphatic rings. The van der Waals surface area contributed by atoms with E-state index in [1.54, 1.807) is 6.92 Å². The summed E-state index contributed by atoms with van der Waals surface area (Å²) in [6.07, 6.45) is 0. The minimum atomic E-state index is -0.359. The van der Waals surface area contributed by atoms with Crippen LogP contribution in [0.4, 0.5) is 4.79 Å². The highest BCUT2D eigenvalue weighted by atomic mass is 16.2. The summed E-state index contributed by atoms with van der Waals surface area (Å²) in [5.74, 6) is -0.471. The average molecular weight is 184 g/mol. The van der Waals surface area contributed by atoms with E-state index in [1.165, 1.54) is 11.8 Å². The van der Waals surface area contributed by atoms with Gasteiger partial charge in [0, 0.05) is 6.54 Å². The fraction of sp³-hybridized carbons (Fsp3) is 0.625. The predicted octanol–water partition coefficient (Wildman–Crippen LogP) is -0.141. The van der Waals surface area contributed by atoms with Crippen LogP contribution in [0, 0.1) is 0 Å². The Morgan fingerprint density at radius 2 is 2.08 bits per heavy atom. The van der Waals surface area contributed by atoms with E-state index in [4.69, 9.17) is 0 Å². The van der Waals surface area contributed by atoms with Crippen LogP contribution in [-0.2, 0) is 9.59 Å². The zero-order valence-corrected chi connectivity index (χ0v) is 7.74. The van der Waals surface area contributed by atoms with Crippen LogP contribution in [0.1, 0.15) is 13.8 Å². The number of likely N-dealkylation sites (N-methyl/N-ethyl adjacent to an activating group) is 1. The monoisotopic (exact) mass is 184 g/mol. The molecule has 0 aromatic rings. The third kappa shape index (κ3) is 1.85. The second-order valence-corrected chi connectivity index (χ2v) is 2.98. The largest absolute Gasteiger partial charge is 0.327 e. The Hall–Kier alpha value is -1.39. The number of amides is 3. The first-order valence-corrected chi connectivity index (χ1v) is 4.15. The summed E-state index contributed by atoms with van der Waals surface area (Å²) >= 11 is 0. The fourth-order valence-corrected chi connectivity index (χ4v) is 1.22. The number of hydrogen-bond donors (Lipinski definition) is 0. The molecule has 0 spiro atoms. The third-order valence-electron chi connectivity index (χ3n) is 1.89. The Bertz CT molecular complexity index is 262. The van der Waals surface area contributed by atoms with Gasteiger partial charge in [-0.2, -0.15) is 0 Å². The topological polar surface area (TPSA) is 57.7 Å². The van der Waals surface area contributed by atoms with Crippen LogP contribution in [0.3, 0.4) is 0 Å². The van der Waals surface area contributed by atoms with Gasteiger partial charge in [-0.3, -0.25) is 14.5 Å². The van der Waals surface area contributed by atoms with Crippen molar-refractivity contribution in [2.24, 2.45) is 0 Å². The second-order valence-electron chi connectivity index (χ2n) is 2.98. The van der Waals surface area contributed by atoms with Gasteiger partial charge in [-0.05, 0) is 13.8 Å². The highest BCUT2D eigenvalue weighted by Crippen LogP contribution is 2.08. The number of Topliss-reactive ketones (excluding diaryl/α,β-unsaturated/α-hetero) is 1. The number of nitrogens with zero attached hydrogens (tertiary/aromatic N) is 2. The van der Waals surface area contributed by atoms with E-state index in [1.807, 2.05) is 0 Å². The van der Waals surface area contributed by atoms with E-state index < -0.39 is 0 Å². The van der Waals surface area contributed by atoms with Crippen LogP contribution >= 0.6 is 0 Å². The molecule has 13 heavy (non-hydrogen) atoms. The van der Waals surface area contributed by atoms with Gasteiger partial charge in [0.05, 0.1) is 6.54 Å². The molecule has 0 atom stereocenters. The maximum absolute atomic E-state index is 11.4. The molecule has 0 aliphatic carbocycles. The summed E-state index contributed by atoms with van der Waals surface area (Å²) in [6.45, 7) is 3.65. The Kier molecular flexibility index (Phi) is 2.65. The lowest BCUT2D eigenvalue weighted by molar-refractivity contribution is -0.129. The zero-order chi connectivity index (χ0) is 10.0. The van der Waals surface area contributed by atoms with Crippen molar-refractivity contribution in [3.8, 4) is 0 Å². The zero-order valence-electron chi connectivity index (χ0n) is 7.74. The molecule has 1 aliphatic heterocycles. The molecule has 1 saturated heterocycles. The van der Waals surface area contributed by atoms with Gasteiger partial charge in [0.2, 0.25) is 0 Å². The molecule has 0 bridgehead atoms. The van der Waals surface area contributed by atoms with Crippen molar-refractivity contribution in [2.45, 2.75) is 13.8 Å². The van der Waals surface area contributed by atoms with Gasteiger partial charge in [-0.1, -0.05) is 0 Å². The average Bonchev–Trinajstić information content (AvgIpc) is 2.31. The lowest BCUT2D eigenvalue weighted by Crippen LogP contribution is -2.36. The Morgan fingerprint density at radius 1 is 1.46 bits per heavy atom. The molecular formula is C8H12N2O3. The highest BCUT2D eigenvalue weighted by molar-refractivity contribution is 6.04. The quantitative estimate of drug-likeness (QED) is 0.573. The summed E-state index contributed by atoms with van der Waals surface area (Å²) in [4.78, 5) is 35.7. The van der Waals surface area contributed by atoms with Crippen LogP contribution in [0.25, 0.3) is 0 Å². The molecule has 0 aromatic carbocycles. The van der Waals surface area contributed by atoms with Gasteiger partial charge >= 0.3 is 6.03 Å². The summed E-state index contributed by atoms with van der Waals surface area (Å²) in [5.41, 5.74) is 0. The molecule has 1 heterocycles. The number of carbonyl (C=O) groups is 3. The van der Waals surface area contributed by atoms with E-state index in [9.17, 15) is 14.4 Å². The number of hydrogen-bond acceptors (Lipinski definition) is 3. The maximum Gasteiger partial charge on any atom is 0.327 e. The second kappa shape index (κ2) is 3.55. The van der Waals surface area contributed by atoms with Crippen molar-refractivity contribution < 1.29 is 14.4 Å². The van der Waals surface area contributed by atoms with Crippen LogP contribution in [0.2, 0.25) is 0 Å². The van der Waals surface area contributed by atoms with Crippen molar-refractivity contribution in [2.75, 3.05) is 19.6 Å². The van der Waals surface area contributed by atoms with E-state index in [2.05, 4.69) is 0 Å². The van der Waals surface area contributed by atoms with Gasteiger partial charge < -0.3 is 4.90 Å². The maximum atomic E-state index is 11.4. The van der Waals surface area contributed by atoms with Crippen LogP contribution < -0.4 is 0 Å². The normalized spacial score (nSPS) is 17.1. The van der Waals surface area contributed by atoms with Crippen LogP contribution in [0.15, 0.2) is 0 Å². The van der Waals surface area contributed by atoms with Crippen molar-refractivity contribution in [3.63, 3.8) is 0 Å². The number of carbonyl (C=O) groups excluding carboxylic acids is 3. The summed E-state index contributed by atoms with van der Waals surface area (Å²) in [7, 11) is 0. The Morgan fingerprint density at radius 3 is 2.46 bits per heavy atom. The summed E-state index contributed by atoms with van der Waals surface area (Å²) in [6, 6.07) is -0.359. The summed E-state index contributed by atoms with van der Waals surface area (Å²) in [5, 5.41) is 0. The van der Waals surface area contributed by atoms with Crippen LogP contribution in [0.5, 0.6) is 0 Å². The molecule has 0 N–H and O–H groups in total. The first-order chi connectivity index (χ1) is 6.06. The molecule has 0 unspecified atom stereocenters. The first kappa shape index (κ1) is 9.70. The number of urea groups is 1. The van der Waals surface area contributed by atoms with Gasteiger partial charge in [0.25, 0.3) is 5.91 Å². The van der Waals surface area contributed by atoms with Crippen LogP contribution in [-0.4, -0.2) is 47.2 Å². The minimum Gasteiger partial charge on any atom is -0.315 e. The Labute approximate surface area is 76.3 Å². The molecular weight excluding hydrogens is 172 g/mol. The number of imide groups is 1. The predicted molar refractivity (Wildman–Crippen MR) is 45.0 cm³/mol. The van der Waals surface area contributed by atoms with Crippen molar-refractivity contribution in [3.05, 3.63) is 0 Å². The van der Waals surface area contributed by atoms with Gasteiger partial charge in [0.15, 0.2) is 0 Å². The van der Waals surface area contributed by atoms with Gasteiger partial charge in [0.1, 0.15) is 12.3 Å². The molecule has 3 amide bonds. The van der Waals surface area contributed by atoms with Crippen molar-refractivity contribution in [1.82, 2.24) is 9.80 Å². The highest BCUT2D eigenvalue weighted by Gasteiger charge is 2.35. The van der Waals surface area contributed by atoms with E-state index in [0.29, 0.717) is 6.54 Å². The van der Waals surface area contributed by atoms with E-state index in [0.717, 1.165) is 4.90 Å². The number of ketones is 1. The summed E-state index contributed by atoms with van der Waals surface area (Å²) < 4.78 is 0. The fourth-order valence-electron chi connectivity index (χ4n) is 1.22. The Balaban J connectivity index is 2.70.